The Balaban J connectivity index is 3.65. The number of methoxy groups -OCH3 is 1. The lowest BCUT2D eigenvalue weighted by Crippen LogP contribution is -2.40. The lowest BCUT2D eigenvalue weighted by molar-refractivity contribution is -0.143. The van der Waals surface area contributed by atoms with E-state index < -0.39 is 0 Å². The first-order chi connectivity index (χ1) is 7.02. The summed E-state index contributed by atoms with van der Waals surface area (Å²) in [6, 6.07) is -0.0627. The lowest BCUT2D eigenvalue weighted by atomic mass is 10.2. The van der Waals surface area contributed by atoms with Crippen LogP contribution in [0.1, 0.15) is 20.8 Å². The Labute approximate surface area is 91.5 Å². The van der Waals surface area contributed by atoms with E-state index in [-0.39, 0.29) is 24.2 Å². The van der Waals surface area contributed by atoms with Gasteiger partial charge in [0.2, 0.25) is 0 Å². The maximum atomic E-state index is 11.0. The highest BCUT2D eigenvalue weighted by Gasteiger charge is 2.14. The molecule has 0 bridgehead atoms. The molecular formula is C10H22N2O3. The molecule has 0 aromatic heterocycles. The number of carbonyl (C=O) groups is 1. The Morgan fingerprint density at radius 1 is 1.33 bits per heavy atom. The Morgan fingerprint density at radius 3 is 2.40 bits per heavy atom. The Bertz CT molecular complexity index is 188. The summed E-state index contributed by atoms with van der Waals surface area (Å²) in [6.45, 7) is 6.09. The van der Waals surface area contributed by atoms with Crippen LogP contribution in [0.25, 0.3) is 0 Å². The van der Waals surface area contributed by atoms with Crippen molar-refractivity contribution in [2.75, 3.05) is 20.9 Å². The van der Waals surface area contributed by atoms with Crippen LogP contribution in [-0.4, -0.2) is 45.0 Å². The molecule has 5 nitrogen and oxygen atoms in total. The van der Waals surface area contributed by atoms with E-state index in [4.69, 9.17) is 4.74 Å². The molecule has 0 radical (unpaired) electrons. The Hall–Kier alpha value is -0.650. The summed E-state index contributed by atoms with van der Waals surface area (Å²) < 4.78 is 10.0. The average molecular weight is 218 g/mol. The Kier molecular flexibility index (Phi) is 7.29. The van der Waals surface area contributed by atoms with E-state index >= 15 is 0 Å². The van der Waals surface area contributed by atoms with Crippen molar-refractivity contribution < 1.29 is 14.3 Å². The maximum absolute atomic E-state index is 11.0. The molecule has 0 aliphatic heterocycles. The molecule has 0 aromatic carbocycles. The SMILES string of the molecule is CNC(C)C(C)OCNC(C)C(=O)OC. The highest BCUT2D eigenvalue weighted by atomic mass is 16.5. The molecular weight excluding hydrogens is 196 g/mol. The van der Waals surface area contributed by atoms with Crippen molar-refractivity contribution in [1.29, 1.82) is 0 Å². The summed E-state index contributed by atoms with van der Waals surface area (Å²) in [6.07, 6.45) is 0.0901. The summed E-state index contributed by atoms with van der Waals surface area (Å²) in [5.41, 5.74) is 0. The van der Waals surface area contributed by atoms with E-state index in [9.17, 15) is 4.79 Å². The average Bonchev–Trinajstić information content (AvgIpc) is 2.26. The van der Waals surface area contributed by atoms with Crippen molar-refractivity contribution in [2.45, 2.75) is 39.0 Å². The number of carbonyl (C=O) groups excluding carboxylic acids is 1. The van der Waals surface area contributed by atoms with Crippen LogP contribution in [-0.2, 0) is 14.3 Å². The number of nitrogens with one attached hydrogen (secondary N) is 2. The predicted molar refractivity (Wildman–Crippen MR) is 58.5 cm³/mol. The second kappa shape index (κ2) is 7.62. The maximum Gasteiger partial charge on any atom is 0.322 e. The molecule has 0 amide bonds. The second-order valence-electron chi connectivity index (χ2n) is 3.54. The monoisotopic (exact) mass is 218 g/mol. The highest BCUT2D eigenvalue weighted by molar-refractivity contribution is 5.74. The molecule has 90 valence electrons. The molecule has 5 heteroatoms. The van der Waals surface area contributed by atoms with E-state index in [0.717, 1.165) is 0 Å². The van der Waals surface area contributed by atoms with Crippen molar-refractivity contribution >= 4 is 5.97 Å². The quantitative estimate of drug-likeness (QED) is 0.469. The minimum absolute atomic E-state index is 0.0901. The van der Waals surface area contributed by atoms with Crippen LogP contribution in [0.5, 0.6) is 0 Å². The number of hydrogen-bond acceptors (Lipinski definition) is 5. The highest BCUT2D eigenvalue weighted by Crippen LogP contribution is 1.96. The van der Waals surface area contributed by atoms with Gasteiger partial charge in [-0.15, -0.1) is 0 Å². The van der Waals surface area contributed by atoms with Crippen molar-refractivity contribution in [2.24, 2.45) is 0 Å². The van der Waals surface area contributed by atoms with Gasteiger partial charge in [0.05, 0.1) is 19.9 Å². The van der Waals surface area contributed by atoms with Gasteiger partial charge in [0.15, 0.2) is 0 Å². The van der Waals surface area contributed by atoms with Crippen LogP contribution in [0.4, 0.5) is 0 Å². The predicted octanol–water partition coefficient (Wildman–Crippen LogP) is 0.108. The molecule has 0 aromatic rings. The van der Waals surface area contributed by atoms with Crippen LogP contribution in [0.2, 0.25) is 0 Å². The molecule has 0 spiro atoms. The fraction of sp³-hybridized carbons (Fsp3) is 0.900. The van der Waals surface area contributed by atoms with Crippen molar-refractivity contribution in [3.63, 3.8) is 0 Å². The zero-order chi connectivity index (χ0) is 11.8. The van der Waals surface area contributed by atoms with E-state index in [0.29, 0.717) is 6.73 Å². The van der Waals surface area contributed by atoms with E-state index in [1.54, 1.807) is 6.92 Å². The van der Waals surface area contributed by atoms with Gasteiger partial charge in [0, 0.05) is 6.04 Å². The van der Waals surface area contributed by atoms with Gasteiger partial charge in [-0.1, -0.05) is 0 Å². The number of likely N-dealkylation sites (N-methyl/N-ethyl adjacent to an activating group) is 1. The number of rotatable bonds is 7. The van der Waals surface area contributed by atoms with Gasteiger partial charge in [0.1, 0.15) is 6.04 Å². The van der Waals surface area contributed by atoms with Gasteiger partial charge in [0.25, 0.3) is 0 Å². The molecule has 3 unspecified atom stereocenters. The van der Waals surface area contributed by atoms with Gasteiger partial charge >= 0.3 is 5.97 Å². The molecule has 0 rings (SSSR count). The first kappa shape index (κ1) is 14.3. The smallest absolute Gasteiger partial charge is 0.322 e. The molecule has 3 atom stereocenters. The van der Waals surface area contributed by atoms with Crippen LogP contribution in [0.3, 0.4) is 0 Å². The van der Waals surface area contributed by atoms with E-state index in [1.165, 1.54) is 7.11 Å². The number of esters is 1. The fourth-order valence-corrected chi connectivity index (χ4v) is 0.944. The van der Waals surface area contributed by atoms with Gasteiger partial charge in [-0.05, 0) is 27.8 Å². The summed E-state index contributed by atoms with van der Waals surface area (Å²) in [7, 11) is 3.25. The van der Waals surface area contributed by atoms with Crippen LogP contribution < -0.4 is 10.6 Å². The van der Waals surface area contributed by atoms with Crippen LogP contribution in [0, 0.1) is 0 Å². The molecule has 0 aliphatic carbocycles. The van der Waals surface area contributed by atoms with Gasteiger partial charge < -0.3 is 14.8 Å². The van der Waals surface area contributed by atoms with Crippen molar-refractivity contribution in [1.82, 2.24) is 10.6 Å². The first-order valence-electron chi connectivity index (χ1n) is 5.13. The first-order valence-corrected chi connectivity index (χ1v) is 5.13. The molecule has 0 saturated carbocycles. The standard InChI is InChI=1S/C10H22N2O3/c1-7(11-4)9(3)15-6-12-8(2)10(13)14-5/h7-9,11-12H,6H2,1-5H3. The lowest BCUT2D eigenvalue weighted by Gasteiger charge is -2.21. The van der Waals surface area contributed by atoms with E-state index in [2.05, 4.69) is 15.4 Å². The third-order valence-corrected chi connectivity index (χ3v) is 2.45. The summed E-state index contributed by atoms with van der Waals surface area (Å²) >= 11 is 0. The number of hydrogen-bond donors (Lipinski definition) is 2. The topological polar surface area (TPSA) is 59.6 Å². The molecule has 0 heterocycles. The zero-order valence-electron chi connectivity index (χ0n) is 10.2. The molecule has 0 fully saturated rings. The van der Waals surface area contributed by atoms with Gasteiger partial charge in [-0.25, -0.2) is 0 Å². The van der Waals surface area contributed by atoms with Crippen molar-refractivity contribution in [3.05, 3.63) is 0 Å². The molecule has 15 heavy (non-hydrogen) atoms. The minimum Gasteiger partial charge on any atom is -0.468 e. The normalized spacial score (nSPS) is 16.9. The summed E-state index contributed by atoms with van der Waals surface area (Å²) in [4.78, 5) is 11.0. The molecule has 2 N–H and O–H groups in total. The minimum atomic E-state index is -0.341. The van der Waals surface area contributed by atoms with Crippen LogP contribution >= 0.6 is 0 Å². The largest absolute Gasteiger partial charge is 0.468 e. The van der Waals surface area contributed by atoms with Crippen LogP contribution in [0.15, 0.2) is 0 Å². The van der Waals surface area contributed by atoms with Gasteiger partial charge in [-0.3, -0.25) is 10.1 Å². The number of ether oxygens (including phenoxy) is 2. The Morgan fingerprint density at radius 2 is 1.93 bits per heavy atom. The van der Waals surface area contributed by atoms with E-state index in [1.807, 2.05) is 20.9 Å². The third kappa shape index (κ3) is 5.71. The zero-order valence-corrected chi connectivity index (χ0v) is 10.2. The third-order valence-electron chi connectivity index (χ3n) is 2.45. The molecule has 0 saturated heterocycles. The summed E-state index contributed by atoms with van der Waals surface area (Å²) in [5, 5.41) is 6.01. The van der Waals surface area contributed by atoms with Gasteiger partial charge in [-0.2, -0.15) is 0 Å². The summed E-state index contributed by atoms with van der Waals surface area (Å²) in [5.74, 6) is -0.284. The fourth-order valence-electron chi connectivity index (χ4n) is 0.944. The molecule has 0 aliphatic rings. The second-order valence-corrected chi connectivity index (χ2v) is 3.54. The van der Waals surface area contributed by atoms with Crippen molar-refractivity contribution in [3.8, 4) is 0 Å².